The molecular weight excluding hydrogens is 335 g/mol. The van der Waals surface area contributed by atoms with Crippen LogP contribution in [-0.4, -0.2) is 18.1 Å². The Morgan fingerprint density at radius 3 is 2.73 bits per heavy atom. The van der Waals surface area contributed by atoms with Crippen LogP contribution >= 0.6 is 0 Å². The lowest BCUT2D eigenvalue weighted by atomic mass is 10.2. The molecule has 26 heavy (non-hydrogen) atoms. The van der Waals surface area contributed by atoms with Crippen molar-refractivity contribution < 1.29 is 13.5 Å². The Hall–Kier alpha value is -3.28. The van der Waals surface area contributed by atoms with Crippen molar-refractivity contribution >= 4 is 22.5 Å². The molecule has 0 N–H and O–H groups in total. The molecule has 0 fully saturated rings. The molecule has 6 heteroatoms. The van der Waals surface area contributed by atoms with Crippen LogP contribution in [0.4, 0.5) is 4.39 Å². The van der Waals surface area contributed by atoms with Crippen LogP contribution in [0.5, 0.6) is 5.75 Å². The summed E-state index contributed by atoms with van der Waals surface area (Å²) >= 11 is 0. The molecule has 4 rings (SSSR count). The van der Waals surface area contributed by atoms with Crippen molar-refractivity contribution in [2.24, 2.45) is 9.98 Å². The molecule has 0 bridgehead atoms. The smallest absolute Gasteiger partial charge is 0.197 e. The van der Waals surface area contributed by atoms with Crippen molar-refractivity contribution in [2.45, 2.75) is 13.5 Å². The van der Waals surface area contributed by atoms with Gasteiger partial charge in [-0.25, -0.2) is 9.38 Å². The summed E-state index contributed by atoms with van der Waals surface area (Å²) in [4.78, 5) is 21.2. The standard InChI is InChI=1S/C20H15FN2O3/c1-12-10-22-20(23-12)18-9-15(24)19-16(3-2-4-17(19)26-18)25-11-13-5-7-14(21)8-6-13/h2-9H,10-11H2,1H3. The van der Waals surface area contributed by atoms with Crippen LogP contribution in [0.1, 0.15) is 18.2 Å². The fourth-order valence-corrected chi connectivity index (χ4v) is 2.72. The lowest BCUT2D eigenvalue weighted by Crippen LogP contribution is -2.07. The van der Waals surface area contributed by atoms with Crippen LogP contribution in [0.25, 0.3) is 11.0 Å². The maximum atomic E-state index is 13.0. The molecule has 0 aliphatic carbocycles. The van der Waals surface area contributed by atoms with Crippen LogP contribution in [0.3, 0.4) is 0 Å². The molecule has 1 aliphatic rings. The molecule has 0 saturated heterocycles. The van der Waals surface area contributed by atoms with E-state index in [1.807, 2.05) is 6.92 Å². The second-order valence-electron chi connectivity index (χ2n) is 6.01. The second kappa shape index (κ2) is 6.55. The summed E-state index contributed by atoms with van der Waals surface area (Å²) in [6.07, 6.45) is 0. The van der Waals surface area contributed by atoms with Gasteiger partial charge in [-0.1, -0.05) is 18.2 Å². The molecule has 5 nitrogen and oxygen atoms in total. The number of fused-ring (bicyclic) bond motifs is 1. The van der Waals surface area contributed by atoms with E-state index in [0.717, 1.165) is 11.3 Å². The summed E-state index contributed by atoms with van der Waals surface area (Å²) in [5, 5.41) is 0.359. The fraction of sp³-hybridized carbons (Fsp3) is 0.150. The Bertz CT molecular complexity index is 1100. The zero-order valence-corrected chi connectivity index (χ0v) is 14.0. The van der Waals surface area contributed by atoms with Crippen molar-refractivity contribution in [3.8, 4) is 5.75 Å². The maximum absolute atomic E-state index is 13.0. The van der Waals surface area contributed by atoms with E-state index in [1.54, 1.807) is 30.3 Å². The number of hydrogen-bond donors (Lipinski definition) is 0. The Morgan fingerprint density at radius 2 is 2.00 bits per heavy atom. The number of halogens is 1. The van der Waals surface area contributed by atoms with Crippen molar-refractivity contribution in [3.63, 3.8) is 0 Å². The zero-order chi connectivity index (χ0) is 18.1. The molecule has 0 saturated carbocycles. The Morgan fingerprint density at radius 1 is 1.19 bits per heavy atom. The highest BCUT2D eigenvalue weighted by molar-refractivity contribution is 6.10. The van der Waals surface area contributed by atoms with Crippen LogP contribution < -0.4 is 10.2 Å². The van der Waals surface area contributed by atoms with Gasteiger partial charge < -0.3 is 9.15 Å². The first-order valence-corrected chi connectivity index (χ1v) is 8.13. The first-order valence-electron chi connectivity index (χ1n) is 8.13. The molecule has 0 unspecified atom stereocenters. The van der Waals surface area contributed by atoms with Crippen molar-refractivity contribution in [2.75, 3.05) is 6.54 Å². The van der Waals surface area contributed by atoms with Gasteiger partial charge in [-0.2, -0.15) is 0 Å². The average Bonchev–Trinajstić information content (AvgIpc) is 3.07. The molecule has 3 aromatic rings. The summed E-state index contributed by atoms with van der Waals surface area (Å²) in [7, 11) is 0. The molecule has 0 spiro atoms. The first-order chi connectivity index (χ1) is 12.6. The van der Waals surface area contributed by atoms with Gasteiger partial charge in [-0.15, -0.1) is 0 Å². The monoisotopic (exact) mass is 350 g/mol. The highest BCUT2D eigenvalue weighted by Gasteiger charge is 2.16. The number of aliphatic imine (C=N–C) groups is 2. The molecule has 0 amide bonds. The molecule has 1 aromatic heterocycles. The highest BCUT2D eigenvalue weighted by atomic mass is 19.1. The number of amidine groups is 1. The van der Waals surface area contributed by atoms with E-state index in [0.29, 0.717) is 34.9 Å². The van der Waals surface area contributed by atoms with Gasteiger partial charge in [-0.05, 0) is 36.8 Å². The molecule has 2 heterocycles. The zero-order valence-electron chi connectivity index (χ0n) is 14.0. The van der Waals surface area contributed by atoms with E-state index in [-0.39, 0.29) is 17.9 Å². The third-order valence-electron chi connectivity index (χ3n) is 4.00. The number of benzene rings is 2. The molecule has 2 aromatic carbocycles. The molecular formula is C20H15FN2O3. The normalized spacial score (nSPS) is 13.6. The predicted molar refractivity (Wildman–Crippen MR) is 97.7 cm³/mol. The minimum absolute atomic E-state index is 0.219. The van der Waals surface area contributed by atoms with Gasteiger partial charge in [0.05, 0.1) is 6.54 Å². The third kappa shape index (κ3) is 3.13. The van der Waals surface area contributed by atoms with E-state index in [4.69, 9.17) is 9.15 Å². The highest BCUT2D eigenvalue weighted by Crippen LogP contribution is 2.25. The minimum atomic E-state index is -0.306. The molecule has 1 aliphatic heterocycles. The van der Waals surface area contributed by atoms with Crippen LogP contribution in [-0.2, 0) is 6.61 Å². The average molecular weight is 350 g/mol. The van der Waals surface area contributed by atoms with Gasteiger partial charge >= 0.3 is 0 Å². The minimum Gasteiger partial charge on any atom is -0.488 e. The topological polar surface area (TPSA) is 64.2 Å². The van der Waals surface area contributed by atoms with E-state index in [1.165, 1.54) is 18.2 Å². The van der Waals surface area contributed by atoms with Gasteiger partial charge in [0.25, 0.3) is 0 Å². The molecule has 0 radical (unpaired) electrons. The number of hydrogen-bond acceptors (Lipinski definition) is 5. The Balaban J connectivity index is 1.68. The van der Waals surface area contributed by atoms with Crippen molar-refractivity contribution in [1.29, 1.82) is 0 Å². The summed E-state index contributed by atoms with van der Waals surface area (Å²) in [5.74, 6) is 0.883. The van der Waals surface area contributed by atoms with Crippen LogP contribution in [0.2, 0.25) is 0 Å². The summed E-state index contributed by atoms with van der Waals surface area (Å²) in [6.45, 7) is 2.60. The Labute approximate surface area is 148 Å². The van der Waals surface area contributed by atoms with Gasteiger partial charge in [-0.3, -0.25) is 9.79 Å². The van der Waals surface area contributed by atoms with Gasteiger partial charge in [0, 0.05) is 11.8 Å². The summed E-state index contributed by atoms with van der Waals surface area (Å²) in [5.41, 5.74) is 1.86. The Kier molecular flexibility index (Phi) is 4.08. The van der Waals surface area contributed by atoms with Gasteiger partial charge in [0.15, 0.2) is 17.0 Å². The van der Waals surface area contributed by atoms with Crippen LogP contribution in [0, 0.1) is 5.82 Å². The quantitative estimate of drug-likeness (QED) is 0.720. The maximum Gasteiger partial charge on any atom is 0.197 e. The van der Waals surface area contributed by atoms with Gasteiger partial charge in [0.1, 0.15) is 29.1 Å². The number of nitrogens with zero attached hydrogens (tertiary/aromatic N) is 2. The molecule has 130 valence electrons. The van der Waals surface area contributed by atoms with E-state index >= 15 is 0 Å². The second-order valence-corrected chi connectivity index (χ2v) is 6.01. The third-order valence-corrected chi connectivity index (χ3v) is 4.00. The van der Waals surface area contributed by atoms with Gasteiger partial charge in [0.2, 0.25) is 0 Å². The predicted octanol–water partition coefficient (Wildman–Crippen LogP) is 3.73. The van der Waals surface area contributed by atoms with E-state index in [2.05, 4.69) is 9.98 Å². The van der Waals surface area contributed by atoms with E-state index < -0.39 is 0 Å². The van der Waals surface area contributed by atoms with Crippen LogP contribution in [0.15, 0.2) is 67.7 Å². The van der Waals surface area contributed by atoms with E-state index in [9.17, 15) is 9.18 Å². The largest absolute Gasteiger partial charge is 0.488 e. The van der Waals surface area contributed by atoms with Crippen molar-refractivity contribution in [1.82, 2.24) is 0 Å². The number of ether oxygens (including phenoxy) is 1. The number of rotatable bonds is 4. The lowest BCUT2D eigenvalue weighted by molar-refractivity contribution is 0.309. The summed E-state index contributed by atoms with van der Waals surface area (Å²) < 4.78 is 24.6. The first kappa shape index (κ1) is 16.2. The summed E-state index contributed by atoms with van der Waals surface area (Å²) in [6, 6.07) is 12.6. The lowest BCUT2D eigenvalue weighted by Gasteiger charge is -2.09. The SMILES string of the molecule is CC1=NC(c2cc(=O)c3c(OCc4ccc(F)cc4)cccc3o2)=NC1. The molecule has 0 atom stereocenters. The van der Waals surface area contributed by atoms with Crippen molar-refractivity contribution in [3.05, 3.63) is 75.9 Å². The fourth-order valence-electron chi connectivity index (χ4n) is 2.72.